The van der Waals surface area contributed by atoms with Gasteiger partial charge < -0.3 is 11.1 Å². The molecular weight excluding hydrogens is 277 g/mol. The first-order valence-electron chi connectivity index (χ1n) is 5.36. The van der Waals surface area contributed by atoms with Gasteiger partial charge in [-0.05, 0) is 30.3 Å². The Hall–Kier alpha value is -1.88. The summed E-state index contributed by atoms with van der Waals surface area (Å²) in [4.78, 5) is 0. The van der Waals surface area contributed by atoms with Gasteiger partial charge >= 0.3 is 6.18 Å². The van der Waals surface area contributed by atoms with Crippen LogP contribution in [0.15, 0.2) is 42.5 Å². The Morgan fingerprint density at radius 3 is 2.32 bits per heavy atom. The zero-order valence-electron chi connectivity index (χ0n) is 9.63. The lowest BCUT2D eigenvalue weighted by atomic mass is 10.2. The molecule has 0 saturated carbocycles. The van der Waals surface area contributed by atoms with Gasteiger partial charge in [-0.1, -0.05) is 23.7 Å². The lowest BCUT2D eigenvalue weighted by Crippen LogP contribution is -2.06. The molecule has 19 heavy (non-hydrogen) atoms. The van der Waals surface area contributed by atoms with Crippen molar-refractivity contribution in [1.29, 1.82) is 0 Å². The largest absolute Gasteiger partial charge is 0.416 e. The number of rotatable bonds is 2. The van der Waals surface area contributed by atoms with Gasteiger partial charge in [0.05, 0.1) is 27.6 Å². The van der Waals surface area contributed by atoms with Crippen molar-refractivity contribution in [2.75, 3.05) is 11.1 Å². The van der Waals surface area contributed by atoms with E-state index in [1.54, 1.807) is 24.3 Å². The van der Waals surface area contributed by atoms with E-state index in [-0.39, 0.29) is 10.7 Å². The van der Waals surface area contributed by atoms with Crippen LogP contribution in [0.1, 0.15) is 5.56 Å². The lowest BCUT2D eigenvalue weighted by molar-refractivity contribution is -0.137. The van der Waals surface area contributed by atoms with Crippen molar-refractivity contribution in [3.8, 4) is 0 Å². The van der Waals surface area contributed by atoms with Crippen LogP contribution in [0.25, 0.3) is 0 Å². The molecule has 0 aliphatic carbocycles. The third-order valence-electron chi connectivity index (χ3n) is 2.52. The molecule has 2 aromatic carbocycles. The van der Waals surface area contributed by atoms with Crippen LogP contribution in [0, 0.1) is 0 Å². The van der Waals surface area contributed by atoms with Crippen molar-refractivity contribution in [2.24, 2.45) is 0 Å². The van der Waals surface area contributed by atoms with Gasteiger partial charge in [-0.2, -0.15) is 13.2 Å². The predicted molar refractivity (Wildman–Crippen MR) is 70.6 cm³/mol. The molecule has 0 heterocycles. The molecule has 0 saturated heterocycles. The van der Waals surface area contributed by atoms with E-state index in [1.807, 2.05) is 0 Å². The zero-order valence-corrected chi connectivity index (χ0v) is 10.4. The van der Waals surface area contributed by atoms with Crippen molar-refractivity contribution in [2.45, 2.75) is 6.18 Å². The Balaban J connectivity index is 2.38. The maximum atomic E-state index is 12.6. The van der Waals surface area contributed by atoms with Gasteiger partial charge in [0.2, 0.25) is 0 Å². The summed E-state index contributed by atoms with van der Waals surface area (Å²) in [5.74, 6) is 0. The fourth-order valence-electron chi connectivity index (χ4n) is 1.55. The summed E-state index contributed by atoms with van der Waals surface area (Å²) in [7, 11) is 0. The minimum Gasteiger partial charge on any atom is -0.397 e. The summed E-state index contributed by atoms with van der Waals surface area (Å²) in [6, 6.07) is 9.84. The quantitative estimate of drug-likeness (QED) is 0.786. The Bertz CT molecular complexity index is 597. The molecule has 0 unspecified atom stereocenters. The molecule has 2 rings (SSSR count). The third-order valence-corrected chi connectivity index (χ3v) is 2.85. The van der Waals surface area contributed by atoms with E-state index in [9.17, 15) is 13.2 Å². The van der Waals surface area contributed by atoms with E-state index in [4.69, 9.17) is 17.3 Å². The summed E-state index contributed by atoms with van der Waals surface area (Å²) in [6.07, 6.45) is -4.41. The maximum absolute atomic E-state index is 12.6. The highest BCUT2D eigenvalue weighted by Gasteiger charge is 2.30. The van der Waals surface area contributed by atoms with E-state index < -0.39 is 11.7 Å². The molecule has 2 aromatic rings. The standard InChI is InChI=1S/C13H10ClF3N2/c14-9-6-5-8(13(15,16)17)7-12(9)19-11-4-2-1-3-10(11)18/h1-7,19H,18H2. The van der Waals surface area contributed by atoms with E-state index in [0.717, 1.165) is 12.1 Å². The van der Waals surface area contributed by atoms with E-state index in [0.29, 0.717) is 11.4 Å². The number of hydrogen-bond donors (Lipinski definition) is 2. The summed E-state index contributed by atoms with van der Waals surface area (Å²) in [6.45, 7) is 0. The topological polar surface area (TPSA) is 38.0 Å². The molecular formula is C13H10ClF3N2. The first-order valence-corrected chi connectivity index (χ1v) is 5.74. The number of benzene rings is 2. The van der Waals surface area contributed by atoms with Crippen LogP contribution in [-0.4, -0.2) is 0 Å². The zero-order chi connectivity index (χ0) is 14.0. The SMILES string of the molecule is Nc1ccccc1Nc1cc(C(F)(F)F)ccc1Cl. The fourth-order valence-corrected chi connectivity index (χ4v) is 1.72. The van der Waals surface area contributed by atoms with Gasteiger partial charge in [0, 0.05) is 0 Å². The minimum atomic E-state index is -4.41. The van der Waals surface area contributed by atoms with E-state index >= 15 is 0 Å². The molecule has 0 radical (unpaired) electrons. The Kier molecular flexibility index (Phi) is 3.57. The van der Waals surface area contributed by atoms with Crippen LogP contribution in [0.4, 0.5) is 30.2 Å². The first-order chi connectivity index (χ1) is 8.88. The second-order valence-electron chi connectivity index (χ2n) is 3.90. The van der Waals surface area contributed by atoms with Crippen LogP contribution < -0.4 is 11.1 Å². The molecule has 0 atom stereocenters. The van der Waals surface area contributed by atoms with E-state index in [2.05, 4.69) is 5.32 Å². The monoisotopic (exact) mass is 286 g/mol. The summed E-state index contributed by atoms with van der Waals surface area (Å²) >= 11 is 5.88. The smallest absolute Gasteiger partial charge is 0.397 e. The van der Waals surface area contributed by atoms with Gasteiger partial charge in [0.15, 0.2) is 0 Å². The number of nitrogen functional groups attached to an aromatic ring is 1. The molecule has 0 aliphatic rings. The highest BCUT2D eigenvalue weighted by molar-refractivity contribution is 6.33. The minimum absolute atomic E-state index is 0.161. The second kappa shape index (κ2) is 5.01. The number of para-hydroxylation sites is 2. The molecule has 3 N–H and O–H groups in total. The lowest BCUT2D eigenvalue weighted by Gasteiger charge is -2.13. The number of halogens is 4. The molecule has 0 aromatic heterocycles. The van der Waals surface area contributed by atoms with Crippen molar-refractivity contribution in [3.05, 3.63) is 53.1 Å². The molecule has 0 bridgehead atoms. The first kappa shape index (κ1) is 13.5. The maximum Gasteiger partial charge on any atom is 0.416 e. The number of alkyl halides is 3. The average molecular weight is 287 g/mol. The Labute approximate surface area is 113 Å². The van der Waals surface area contributed by atoms with Crippen molar-refractivity contribution >= 4 is 28.7 Å². The highest BCUT2D eigenvalue weighted by Crippen LogP contribution is 2.35. The summed E-state index contributed by atoms with van der Waals surface area (Å²) < 4.78 is 37.9. The molecule has 0 amide bonds. The normalized spacial score (nSPS) is 11.4. The molecule has 2 nitrogen and oxygen atoms in total. The molecule has 100 valence electrons. The molecule has 0 aliphatic heterocycles. The number of hydrogen-bond acceptors (Lipinski definition) is 2. The predicted octanol–water partition coefficient (Wildman–Crippen LogP) is 4.68. The Morgan fingerprint density at radius 2 is 1.68 bits per heavy atom. The number of nitrogens with one attached hydrogen (secondary N) is 1. The fraction of sp³-hybridized carbons (Fsp3) is 0.0769. The van der Waals surface area contributed by atoms with Crippen molar-refractivity contribution in [3.63, 3.8) is 0 Å². The van der Waals surface area contributed by atoms with Gasteiger partial charge in [0.25, 0.3) is 0 Å². The highest BCUT2D eigenvalue weighted by atomic mass is 35.5. The second-order valence-corrected chi connectivity index (χ2v) is 4.31. The van der Waals surface area contributed by atoms with Crippen LogP contribution >= 0.6 is 11.6 Å². The van der Waals surface area contributed by atoms with E-state index in [1.165, 1.54) is 6.07 Å². The van der Waals surface area contributed by atoms with Gasteiger partial charge in [-0.25, -0.2) is 0 Å². The van der Waals surface area contributed by atoms with Gasteiger partial charge in [-0.3, -0.25) is 0 Å². The van der Waals surface area contributed by atoms with Crippen molar-refractivity contribution in [1.82, 2.24) is 0 Å². The molecule has 0 spiro atoms. The van der Waals surface area contributed by atoms with Gasteiger partial charge in [0.1, 0.15) is 0 Å². The van der Waals surface area contributed by atoms with Crippen molar-refractivity contribution < 1.29 is 13.2 Å². The third kappa shape index (κ3) is 3.12. The molecule has 6 heteroatoms. The summed E-state index contributed by atoms with van der Waals surface area (Å²) in [5.41, 5.74) is 6.04. The van der Waals surface area contributed by atoms with Crippen LogP contribution in [0.2, 0.25) is 5.02 Å². The summed E-state index contributed by atoms with van der Waals surface area (Å²) in [5, 5.41) is 2.99. The van der Waals surface area contributed by atoms with Gasteiger partial charge in [-0.15, -0.1) is 0 Å². The van der Waals surface area contributed by atoms with Crippen LogP contribution in [-0.2, 0) is 6.18 Å². The number of anilines is 3. The molecule has 0 fully saturated rings. The Morgan fingerprint density at radius 1 is 1.00 bits per heavy atom. The average Bonchev–Trinajstić information content (AvgIpc) is 2.33. The number of nitrogens with two attached hydrogens (primary N) is 1. The van der Waals surface area contributed by atoms with Crippen LogP contribution in [0.5, 0.6) is 0 Å². The van der Waals surface area contributed by atoms with Crippen LogP contribution in [0.3, 0.4) is 0 Å².